The van der Waals surface area contributed by atoms with Crippen molar-refractivity contribution in [3.8, 4) is 0 Å². The molecule has 0 radical (unpaired) electrons. The fraction of sp³-hybridized carbons (Fsp3) is 0.250. The molecule has 4 heteroatoms. The van der Waals surface area contributed by atoms with Crippen molar-refractivity contribution in [2.45, 2.75) is 6.54 Å². The van der Waals surface area contributed by atoms with Gasteiger partial charge in [-0.3, -0.25) is 9.59 Å². The molecule has 12 heavy (non-hydrogen) atoms. The van der Waals surface area contributed by atoms with Gasteiger partial charge in [0.05, 0.1) is 5.69 Å². The third-order valence-electron chi connectivity index (χ3n) is 1.56. The molecule has 0 spiro atoms. The Hall–Kier alpha value is -1.42. The zero-order chi connectivity index (χ0) is 8.97. The summed E-state index contributed by atoms with van der Waals surface area (Å²) in [5.74, 6) is -0.506. The van der Waals surface area contributed by atoms with Gasteiger partial charge in [0, 0.05) is 19.3 Å². The second-order valence-electron chi connectivity index (χ2n) is 2.36. The zero-order valence-corrected chi connectivity index (χ0v) is 6.56. The molecular weight excluding hydrogens is 156 g/mol. The molecule has 2 N–H and O–H groups in total. The van der Waals surface area contributed by atoms with Gasteiger partial charge < -0.3 is 10.3 Å². The molecule has 0 aliphatic carbocycles. The number of aldehydes is 1. The van der Waals surface area contributed by atoms with Crippen molar-refractivity contribution >= 4 is 12.1 Å². The normalized spacial score (nSPS) is 9.75. The van der Waals surface area contributed by atoms with Crippen molar-refractivity contribution in [2.75, 3.05) is 6.54 Å². The van der Waals surface area contributed by atoms with Crippen molar-refractivity contribution in [1.29, 1.82) is 0 Å². The molecular formula is C8H10N2O2. The van der Waals surface area contributed by atoms with Crippen LogP contribution >= 0.6 is 0 Å². The largest absolute Gasteiger partial charge is 0.343 e. The summed E-state index contributed by atoms with van der Waals surface area (Å²) in [4.78, 5) is 21.1. The van der Waals surface area contributed by atoms with Crippen LogP contribution in [0.3, 0.4) is 0 Å². The topological polar surface area (TPSA) is 65.1 Å². The molecule has 1 aromatic heterocycles. The second kappa shape index (κ2) is 3.82. The highest BCUT2D eigenvalue weighted by atomic mass is 16.2. The first-order valence-electron chi connectivity index (χ1n) is 3.64. The van der Waals surface area contributed by atoms with Crippen molar-refractivity contribution in [1.82, 2.24) is 4.57 Å². The minimum Gasteiger partial charge on any atom is -0.343 e. The van der Waals surface area contributed by atoms with E-state index in [-0.39, 0.29) is 0 Å². The molecule has 0 fully saturated rings. The summed E-state index contributed by atoms with van der Waals surface area (Å²) in [7, 11) is 0. The first-order valence-corrected chi connectivity index (χ1v) is 3.64. The number of carbonyl (C=O) groups excluding carboxylic acids is 2. The molecule has 4 nitrogen and oxygen atoms in total. The Labute approximate surface area is 70.0 Å². The first kappa shape index (κ1) is 8.67. The van der Waals surface area contributed by atoms with Crippen LogP contribution in [0.1, 0.15) is 10.5 Å². The number of aromatic nitrogens is 1. The number of rotatable bonds is 4. The van der Waals surface area contributed by atoms with E-state index in [9.17, 15) is 9.59 Å². The van der Waals surface area contributed by atoms with Crippen LogP contribution in [0.15, 0.2) is 18.3 Å². The fourth-order valence-electron chi connectivity index (χ4n) is 1.03. The van der Waals surface area contributed by atoms with E-state index in [2.05, 4.69) is 0 Å². The summed E-state index contributed by atoms with van der Waals surface area (Å²) in [5.41, 5.74) is 5.71. The molecule has 0 saturated heterocycles. The first-order chi connectivity index (χ1) is 5.79. The third kappa shape index (κ3) is 1.60. The van der Waals surface area contributed by atoms with Crippen molar-refractivity contribution in [3.05, 3.63) is 24.0 Å². The lowest BCUT2D eigenvalue weighted by atomic mass is 10.3. The van der Waals surface area contributed by atoms with Gasteiger partial charge in [0.15, 0.2) is 6.29 Å². The van der Waals surface area contributed by atoms with Crippen LogP contribution in [0.2, 0.25) is 0 Å². The van der Waals surface area contributed by atoms with E-state index >= 15 is 0 Å². The zero-order valence-electron chi connectivity index (χ0n) is 6.56. The van der Waals surface area contributed by atoms with Gasteiger partial charge in [0.1, 0.15) is 0 Å². The average molecular weight is 166 g/mol. The summed E-state index contributed by atoms with van der Waals surface area (Å²) in [6, 6.07) is 3.32. The molecule has 0 atom stereocenters. The molecule has 1 heterocycles. The summed E-state index contributed by atoms with van der Waals surface area (Å²) < 4.78 is 1.66. The summed E-state index contributed by atoms with van der Waals surface area (Å²) in [6.07, 6.45) is 2.03. The Morgan fingerprint density at radius 3 is 3.00 bits per heavy atom. The Morgan fingerprint density at radius 2 is 2.42 bits per heavy atom. The second-order valence-corrected chi connectivity index (χ2v) is 2.36. The van der Waals surface area contributed by atoms with Gasteiger partial charge in [-0.15, -0.1) is 0 Å². The fourth-order valence-corrected chi connectivity index (χ4v) is 1.03. The smallest absolute Gasteiger partial charge is 0.241 e. The van der Waals surface area contributed by atoms with E-state index in [1.165, 1.54) is 0 Å². The quantitative estimate of drug-likeness (QED) is 0.383. The molecule has 1 rings (SSSR count). The lowest BCUT2D eigenvalue weighted by Gasteiger charge is -2.02. The number of hydrogen-bond acceptors (Lipinski definition) is 3. The highest BCUT2D eigenvalue weighted by molar-refractivity contribution is 6.32. The highest BCUT2D eigenvalue weighted by Gasteiger charge is 2.07. The number of nitrogens with two attached hydrogens (primary N) is 1. The van der Waals surface area contributed by atoms with Crippen LogP contribution in [-0.2, 0) is 11.3 Å². The Bertz CT molecular complexity index is 291. The minimum atomic E-state index is -0.506. The van der Waals surface area contributed by atoms with Crippen LogP contribution in [-0.4, -0.2) is 23.2 Å². The van der Waals surface area contributed by atoms with Crippen LogP contribution in [0.25, 0.3) is 0 Å². The van der Waals surface area contributed by atoms with Crippen molar-refractivity contribution < 1.29 is 9.59 Å². The van der Waals surface area contributed by atoms with Crippen LogP contribution in [0.5, 0.6) is 0 Å². The Morgan fingerprint density at radius 1 is 1.67 bits per heavy atom. The predicted octanol–water partition coefficient (Wildman–Crippen LogP) is -0.172. The SMILES string of the molecule is NCCn1cccc1C(=O)C=O. The summed E-state index contributed by atoms with van der Waals surface area (Å²) in [5, 5.41) is 0. The average Bonchev–Trinajstić information content (AvgIpc) is 2.52. The van der Waals surface area contributed by atoms with E-state index in [0.29, 0.717) is 25.1 Å². The molecule has 0 amide bonds. The number of hydrogen-bond donors (Lipinski definition) is 1. The molecule has 0 aliphatic rings. The number of carbonyl (C=O) groups is 2. The van der Waals surface area contributed by atoms with Crippen molar-refractivity contribution in [3.63, 3.8) is 0 Å². The third-order valence-corrected chi connectivity index (χ3v) is 1.56. The van der Waals surface area contributed by atoms with Gasteiger partial charge in [0.25, 0.3) is 0 Å². The number of nitrogens with zero attached hydrogens (tertiary/aromatic N) is 1. The molecule has 0 aliphatic heterocycles. The predicted molar refractivity (Wildman–Crippen MR) is 43.9 cm³/mol. The maximum absolute atomic E-state index is 10.9. The van der Waals surface area contributed by atoms with Gasteiger partial charge in [-0.25, -0.2) is 0 Å². The number of Topliss-reactive ketones (excluding diaryl/α,β-unsaturated/α-hetero) is 1. The van der Waals surface area contributed by atoms with Gasteiger partial charge in [-0.1, -0.05) is 0 Å². The van der Waals surface area contributed by atoms with Gasteiger partial charge in [0.2, 0.25) is 5.78 Å². The van der Waals surface area contributed by atoms with E-state index in [0.717, 1.165) is 0 Å². The van der Waals surface area contributed by atoms with Crippen LogP contribution < -0.4 is 5.73 Å². The van der Waals surface area contributed by atoms with Crippen LogP contribution in [0, 0.1) is 0 Å². The molecule has 0 unspecified atom stereocenters. The standard InChI is InChI=1S/C8H10N2O2/c9-3-5-10-4-1-2-7(10)8(12)6-11/h1-2,4,6H,3,5,9H2. The number of ketones is 1. The van der Waals surface area contributed by atoms with E-state index in [4.69, 9.17) is 5.73 Å². The summed E-state index contributed by atoms with van der Waals surface area (Å²) in [6.45, 7) is 1.01. The maximum atomic E-state index is 10.9. The molecule has 0 saturated carbocycles. The Balaban J connectivity index is 2.90. The molecule has 1 aromatic rings. The van der Waals surface area contributed by atoms with Crippen molar-refractivity contribution in [2.24, 2.45) is 5.73 Å². The van der Waals surface area contributed by atoms with E-state index < -0.39 is 5.78 Å². The summed E-state index contributed by atoms with van der Waals surface area (Å²) >= 11 is 0. The minimum absolute atomic E-state index is 0.308. The van der Waals surface area contributed by atoms with Gasteiger partial charge in [-0.2, -0.15) is 0 Å². The highest BCUT2D eigenvalue weighted by Crippen LogP contribution is 2.01. The molecule has 0 bridgehead atoms. The lowest BCUT2D eigenvalue weighted by molar-refractivity contribution is -0.104. The Kier molecular flexibility index (Phi) is 2.76. The monoisotopic (exact) mass is 166 g/mol. The molecule has 64 valence electrons. The maximum Gasteiger partial charge on any atom is 0.241 e. The lowest BCUT2D eigenvalue weighted by Crippen LogP contribution is -2.14. The van der Waals surface area contributed by atoms with Crippen LogP contribution in [0.4, 0.5) is 0 Å². The van der Waals surface area contributed by atoms with E-state index in [1.54, 1.807) is 22.9 Å². The van der Waals surface area contributed by atoms with Gasteiger partial charge in [-0.05, 0) is 12.1 Å². The van der Waals surface area contributed by atoms with Gasteiger partial charge >= 0.3 is 0 Å². The molecule has 0 aromatic carbocycles. The van der Waals surface area contributed by atoms with E-state index in [1.807, 2.05) is 0 Å².